The molecule has 292 valence electrons. The minimum Gasteiger partial charge on any atom is -0.327 e. The van der Waals surface area contributed by atoms with Crippen LogP contribution in [0.3, 0.4) is 0 Å². The predicted octanol–water partition coefficient (Wildman–Crippen LogP) is 10.6. The Hall–Kier alpha value is -4.66. The highest BCUT2D eigenvalue weighted by atomic mass is 15.1. The number of hydrogen-bond acceptors (Lipinski definition) is 6. The van der Waals surface area contributed by atoms with E-state index in [-0.39, 0.29) is 24.0 Å². The standard InChI is InChI=1S/C15H21N3.2C15H19N3.CH4/c3*1-10-16-12-8-6-5-7-11-9-18(15(2,3)4)14(17-10)13(11)12;/h9H,5-8H2,1-4H3;5,7,9H,6,8H2,1-4H3;5-6,9H,7-8H2,1-4H3;1H4. The first-order valence-electron chi connectivity index (χ1n) is 19.9. The average Bonchev–Trinajstić information content (AvgIpc) is 3.58. The Morgan fingerprint density at radius 2 is 0.927 bits per heavy atom. The first-order valence-corrected chi connectivity index (χ1v) is 19.9. The quantitative estimate of drug-likeness (QED) is 0.144. The van der Waals surface area contributed by atoms with Crippen LogP contribution in [0.1, 0.15) is 140 Å². The van der Waals surface area contributed by atoms with Gasteiger partial charge in [-0.2, -0.15) is 0 Å². The van der Waals surface area contributed by atoms with Gasteiger partial charge in [-0.25, -0.2) is 29.9 Å². The highest BCUT2D eigenvalue weighted by Crippen LogP contribution is 2.34. The van der Waals surface area contributed by atoms with Crippen LogP contribution in [0.25, 0.3) is 39.2 Å². The van der Waals surface area contributed by atoms with Crippen LogP contribution in [-0.2, 0) is 48.7 Å². The van der Waals surface area contributed by atoms with E-state index in [1.807, 2.05) is 20.8 Å². The molecule has 0 amide bonds. The van der Waals surface area contributed by atoms with Gasteiger partial charge in [0.2, 0.25) is 0 Å². The van der Waals surface area contributed by atoms with E-state index in [4.69, 9.17) is 4.98 Å². The van der Waals surface area contributed by atoms with Crippen LogP contribution in [0.5, 0.6) is 0 Å². The van der Waals surface area contributed by atoms with Gasteiger partial charge in [0.1, 0.15) is 34.4 Å². The molecule has 0 unspecified atom stereocenters. The van der Waals surface area contributed by atoms with Crippen molar-refractivity contribution in [3.8, 4) is 0 Å². The van der Waals surface area contributed by atoms with Crippen LogP contribution < -0.4 is 0 Å². The van der Waals surface area contributed by atoms with Crippen LogP contribution in [0.2, 0.25) is 0 Å². The van der Waals surface area contributed by atoms with Crippen LogP contribution in [-0.4, -0.2) is 43.6 Å². The van der Waals surface area contributed by atoms with E-state index >= 15 is 0 Å². The SMILES string of the molecule is C.Cc1nc2c3c(cn(C(C)(C)C)c3n1)C=CCC2.Cc1nc2c3c(cn(C(C)(C)C)c3n1)CC=CC2.Cc1nc2c3c(cn(C(C)(C)C)c3n1)CCCC2. The summed E-state index contributed by atoms with van der Waals surface area (Å²) in [5.74, 6) is 2.63. The van der Waals surface area contributed by atoms with Gasteiger partial charge in [-0.3, -0.25) is 0 Å². The molecular formula is C46H63N9. The molecule has 0 radical (unpaired) electrons. The Bertz CT molecular complexity index is 2420. The normalized spacial score (nSPS) is 15.1. The molecule has 3 aliphatic rings. The van der Waals surface area contributed by atoms with Gasteiger partial charge in [-0.05, 0) is 139 Å². The number of nitrogens with zero attached hydrogens (tertiary/aromatic N) is 9. The van der Waals surface area contributed by atoms with Crippen LogP contribution in [0, 0.1) is 20.8 Å². The maximum atomic E-state index is 4.70. The molecule has 3 aliphatic carbocycles. The van der Waals surface area contributed by atoms with E-state index in [1.54, 1.807) is 0 Å². The van der Waals surface area contributed by atoms with Gasteiger partial charge in [0, 0.05) is 63.4 Å². The topological polar surface area (TPSA) is 92.1 Å². The summed E-state index contributed by atoms with van der Waals surface area (Å²) in [5.41, 5.74) is 11.1. The highest BCUT2D eigenvalue weighted by molar-refractivity contribution is 5.90. The van der Waals surface area contributed by atoms with Crippen molar-refractivity contribution in [2.45, 2.75) is 158 Å². The van der Waals surface area contributed by atoms with Crippen molar-refractivity contribution in [3.05, 3.63) is 88.1 Å². The maximum Gasteiger partial charge on any atom is 0.145 e. The van der Waals surface area contributed by atoms with E-state index in [9.17, 15) is 0 Å². The molecule has 0 aliphatic heterocycles. The van der Waals surface area contributed by atoms with E-state index in [0.717, 1.165) is 66.5 Å². The molecule has 6 heterocycles. The summed E-state index contributed by atoms with van der Waals surface area (Å²) in [6, 6.07) is 0. The van der Waals surface area contributed by atoms with Crippen molar-refractivity contribution in [2.24, 2.45) is 0 Å². The summed E-state index contributed by atoms with van der Waals surface area (Å²) in [5, 5.41) is 3.83. The van der Waals surface area contributed by atoms with Crippen LogP contribution >= 0.6 is 0 Å². The summed E-state index contributed by atoms with van der Waals surface area (Å²) in [7, 11) is 0. The van der Waals surface area contributed by atoms with Crippen molar-refractivity contribution >= 4 is 39.2 Å². The van der Waals surface area contributed by atoms with Crippen molar-refractivity contribution in [3.63, 3.8) is 0 Å². The second kappa shape index (κ2) is 14.8. The summed E-state index contributed by atoms with van der Waals surface area (Å²) in [6.45, 7) is 25.9. The van der Waals surface area contributed by atoms with Crippen LogP contribution in [0.15, 0.2) is 36.8 Å². The first-order chi connectivity index (χ1) is 25.4. The largest absolute Gasteiger partial charge is 0.327 e. The third-order valence-electron chi connectivity index (χ3n) is 10.6. The lowest BCUT2D eigenvalue weighted by Gasteiger charge is -2.22. The molecule has 6 aromatic rings. The number of aromatic nitrogens is 9. The third-order valence-corrected chi connectivity index (χ3v) is 10.6. The molecule has 0 N–H and O–H groups in total. The molecule has 0 spiro atoms. The zero-order valence-electron chi connectivity index (χ0n) is 34.7. The Balaban J connectivity index is 0.000000139. The molecule has 55 heavy (non-hydrogen) atoms. The summed E-state index contributed by atoms with van der Waals surface area (Å²) >= 11 is 0. The fraction of sp³-hybridized carbons (Fsp3) is 0.522. The molecule has 9 nitrogen and oxygen atoms in total. The molecular weight excluding hydrogens is 679 g/mol. The molecule has 0 fully saturated rings. The van der Waals surface area contributed by atoms with Gasteiger partial charge in [0.25, 0.3) is 0 Å². The number of rotatable bonds is 0. The van der Waals surface area contributed by atoms with Crippen molar-refractivity contribution in [1.29, 1.82) is 0 Å². The van der Waals surface area contributed by atoms with Gasteiger partial charge < -0.3 is 13.7 Å². The molecule has 6 aromatic heterocycles. The van der Waals surface area contributed by atoms with Gasteiger partial charge in [-0.1, -0.05) is 31.7 Å². The lowest BCUT2D eigenvalue weighted by atomic mass is 10.1. The molecule has 0 atom stereocenters. The average molecular weight is 742 g/mol. The minimum atomic E-state index is 0. The lowest BCUT2D eigenvalue weighted by molar-refractivity contribution is 0.407. The second-order valence-electron chi connectivity index (χ2n) is 18.3. The number of allylic oxidation sites excluding steroid dienone is 3. The van der Waals surface area contributed by atoms with E-state index in [1.165, 1.54) is 69.2 Å². The third kappa shape index (κ3) is 7.90. The zero-order valence-corrected chi connectivity index (χ0v) is 34.7. The first kappa shape index (κ1) is 40.0. The summed E-state index contributed by atoms with van der Waals surface area (Å²) < 4.78 is 6.88. The number of hydrogen-bond donors (Lipinski definition) is 0. The van der Waals surface area contributed by atoms with Crippen molar-refractivity contribution < 1.29 is 0 Å². The lowest BCUT2D eigenvalue weighted by Crippen LogP contribution is -2.21. The fourth-order valence-electron chi connectivity index (χ4n) is 8.11. The predicted molar refractivity (Wildman–Crippen MR) is 229 cm³/mol. The minimum absolute atomic E-state index is 0. The Labute approximate surface area is 328 Å². The molecule has 9 heteroatoms. The van der Waals surface area contributed by atoms with Gasteiger partial charge >= 0.3 is 0 Å². The number of aryl methyl sites for hydroxylation is 6. The fourth-order valence-corrected chi connectivity index (χ4v) is 8.11. The molecule has 0 aromatic carbocycles. The van der Waals surface area contributed by atoms with E-state index < -0.39 is 0 Å². The second-order valence-corrected chi connectivity index (χ2v) is 18.3. The summed E-state index contributed by atoms with van der Waals surface area (Å²) in [6.07, 6.45) is 24.4. The smallest absolute Gasteiger partial charge is 0.145 e. The van der Waals surface area contributed by atoms with E-state index in [0.29, 0.717) is 0 Å². The maximum absolute atomic E-state index is 4.70. The van der Waals surface area contributed by atoms with Crippen molar-refractivity contribution in [1.82, 2.24) is 43.6 Å². The van der Waals surface area contributed by atoms with E-state index in [2.05, 4.69) is 144 Å². The van der Waals surface area contributed by atoms with Gasteiger partial charge in [0.15, 0.2) is 0 Å². The molecule has 0 bridgehead atoms. The highest BCUT2D eigenvalue weighted by Gasteiger charge is 2.25. The molecule has 9 rings (SSSR count). The zero-order chi connectivity index (χ0) is 38.7. The van der Waals surface area contributed by atoms with Crippen molar-refractivity contribution in [2.75, 3.05) is 0 Å². The monoisotopic (exact) mass is 742 g/mol. The molecule has 0 saturated heterocycles. The molecule has 0 saturated carbocycles. The Morgan fingerprint density at radius 3 is 1.51 bits per heavy atom. The van der Waals surface area contributed by atoms with Gasteiger partial charge in [0.05, 0.1) is 17.1 Å². The summed E-state index contributed by atoms with van der Waals surface area (Å²) in [4.78, 5) is 27.9. The Morgan fingerprint density at radius 1 is 0.473 bits per heavy atom. The Kier molecular flexibility index (Phi) is 10.7. The van der Waals surface area contributed by atoms with Gasteiger partial charge in [-0.15, -0.1) is 0 Å². The van der Waals surface area contributed by atoms with Crippen LogP contribution in [0.4, 0.5) is 0 Å².